The van der Waals surface area contributed by atoms with Crippen LogP contribution >= 0.6 is 0 Å². The molecule has 0 saturated carbocycles. The van der Waals surface area contributed by atoms with E-state index in [1.165, 1.54) is 5.57 Å². The van der Waals surface area contributed by atoms with Gasteiger partial charge in [0.2, 0.25) is 0 Å². The van der Waals surface area contributed by atoms with Crippen molar-refractivity contribution < 1.29 is 5.11 Å². The minimum Gasteiger partial charge on any atom is -0.392 e. The van der Waals surface area contributed by atoms with Gasteiger partial charge in [-0.15, -0.1) is 6.58 Å². The van der Waals surface area contributed by atoms with Crippen LogP contribution < -0.4 is 0 Å². The Balaban J connectivity index is 3.36. The molecule has 0 aromatic heterocycles. The Morgan fingerprint density at radius 2 is 2.33 bits per heavy atom. The number of hydrogen-bond donors (Lipinski definition) is 1. The molecule has 0 unspecified atom stereocenters. The summed E-state index contributed by atoms with van der Waals surface area (Å²) in [5.74, 6) is 0. The van der Waals surface area contributed by atoms with E-state index >= 15 is 0 Å². The van der Waals surface area contributed by atoms with Crippen molar-refractivity contribution in [3.05, 3.63) is 24.3 Å². The highest BCUT2D eigenvalue weighted by Gasteiger charge is 1.84. The number of aliphatic hydroxyl groups is 1. The van der Waals surface area contributed by atoms with Gasteiger partial charge in [-0.25, -0.2) is 0 Å². The van der Waals surface area contributed by atoms with Crippen molar-refractivity contribution in [1.82, 2.24) is 0 Å². The van der Waals surface area contributed by atoms with Crippen molar-refractivity contribution in [3.63, 3.8) is 0 Å². The van der Waals surface area contributed by atoms with Crippen molar-refractivity contribution in [3.8, 4) is 0 Å². The van der Waals surface area contributed by atoms with Gasteiger partial charge < -0.3 is 5.11 Å². The van der Waals surface area contributed by atoms with E-state index in [2.05, 4.69) is 6.58 Å². The van der Waals surface area contributed by atoms with Crippen molar-refractivity contribution in [1.29, 1.82) is 0 Å². The molecule has 0 amide bonds. The highest BCUT2D eigenvalue weighted by molar-refractivity contribution is 4.98. The highest BCUT2D eigenvalue weighted by atomic mass is 16.2. The van der Waals surface area contributed by atoms with Gasteiger partial charge >= 0.3 is 0 Å². The minimum absolute atomic E-state index is 0.156. The second-order valence-corrected chi connectivity index (χ2v) is 2.06. The van der Waals surface area contributed by atoms with Gasteiger partial charge in [-0.05, 0) is 19.8 Å². The van der Waals surface area contributed by atoms with Crippen LogP contribution in [-0.4, -0.2) is 11.7 Å². The molecule has 0 aliphatic rings. The molecule has 0 aromatic carbocycles. The number of aliphatic hydroxyl groups excluding tert-OH is 1. The average Bonchev–Trinajstić information content (AvgIpc) is 1.85. The van der Waals surface area contributed by atoms with Crippen molar-refractivity contribution in [2.75, 3.05) is 6.61 Å². The Hall–Kier alpha value is -0.560. The van der Waals surface area contributed by atoms with Gasteiger partial charge in [0.25, 0.3) is 0 Å². The van der Waals surface area contributed by atoms with Crippen LogP contribution in [0.4, 0.5) is 0 Å². The summed E-state index contributed by atoms with van der Waals surface area (Å²) in [6.07, 6.45) is 5.73. The van der Waals surface area contributed by atoms with E-state index in [-0.39, 0.29) is 6.61 Å². The molecule has 0 bridgehead atoms. The molecule has 0 saturated heterocycles. The number of rotatable bonds is 4. The quantitative estimate of drug-likeness (QED) is 0.570. The first-order chi connectivity index (χ1) is 4.31. The first kappa shape index (κ1) is 8.44. The van der Waals surface area contributed by atoms with E-state index in [0.29, 0.717) is 0 Å². The molecule has 52 valence electrons. The Morgan fingerprint density at radius 1 is 1.67 bits per heavy atom. The fourth-order valence-electron chi connectivity index (χ4n) is 0.588. The lowest BCUT2D eigenvalue weighted by Gasteiger charge is -1.94. The van der Waals surface area contributed by atoms with Gasteiger partial charge in [-0.1, -0.05) is 17.7 Å². The first-order valence-corrected chi connectivity index (χ1v) is 3.18. The van der Waals surface area contributed by atoms with Gasteiger partial charge in [-0.3, -0.25) is 0 Å². The first-order valence-electron chi connectivity index (χ1n) is 3.18. The third-order valence-electron chi connectivity index (χ3n) is 1.18. The average molecular weight is 126 g/mol. The number of allylic oxidation sites excluding steroid dienone is 2. The van der Waals surface area contributed by atoms with E-state index in [4.69, 9.17) is 5.11 Å². The molecule has 0 aliphatic carbocycles. The third-order valence-corrected chi connectivity index (χ3v) is 1.18. The van der Waals surface area contributed by atoms with Crippen LogP contribution in [0.3, 0.4) is 0 Å². The fourth-order valence-corrected chi connectivity index (χ4v) is 0.588. The van der Waals surface area contributed by atoms with Crippen LogP contribution in [0.15, 0.2) is 24.3 Å². The van der Waals surface area contributed by atoms with E-state index in [9.17, 15) is 0 Å². The normalized spacial score (nSPS) is 11.6. The monoisotopic (exact) mass is 126 g/mol. The van der Waals surface area contributed by atoms with Crippen LogP contribution in [0.25, 0.3) is 0 Å². The summed E-state index contributed by atoms with van der Waals surface area (Å²) in [4.78, 5) is 0. The maximum absolute atomic E-state index is 8.43. The standard InChI is InChI=1S/C8H14O/c1-3-4-5-8(2)6-7-9/h3,6,9H,1,4-5,7H2,2H3. The molecular weight excluding hydrogens is 112 g/mol. The fraction of sp³-hybridized carbons (Fsp3) is 0.500. The molecular formula is C8H14O. The lowest BCUT2D eigenvalue weighted by molar-refractivity contribution is 0.341. The molecule has 0 radical (unpaired) electrons. The number of hydrogen-bond acceptors (Lipinski definition) is 1. The van der Waals surface area contributed by atoms with Crippen LogP contribution in [0.1, 0.15) is 19.8 Å². The predicted molar refractivity (Wildman–Crippen MR) is 40.3 cm³/mol. The van der Waals surface area contributed by atoms with Gasteiger partial charge in [0.05, 0.1) is 6.61 Å². The largest absolute Gasteiger partial charge is 0.392 e. The lowest BCUT2D eigenvalue weighted by atomic mass is 10.1. The maximum atomic E-state index is 8.43. The summed E-state index contributed by atoms with van der Waals surface area (Å²) >= 11 is 0. The zero-order valence-electron chi connectivity index (χ0n) is 5.93. The predicted octanol–water partition coefficient (Wildman–Crippen LogP) is 1.89. The van der Waals surface area contributed by atoms with Gasteiger partial charge in [0.1, 0.15) is 0 Å². The Bertz CT molecular complexity index is 103. The summed E-state index contributed by atoms with van der Waals surface area (Å²) < 4.78 is 0. The molecule has 0 aromatic rings. The zero-order valence-corrected chi connectivity index (χ0v) is 5.93. The zero-order chi connectivity index (χ0) is 7.11. The molecule has 0 spiro atoms. The van der Waals surface area contributed by atoms with Gasteiger partial charge in [0, 0.05) is 0 Å². The topological polar surface area (TPSA) is 20.2 Å². The molecule has 0 aliphatic heterocycles. The van der Waals surface area contributed by atoms with Crippen molar-refractivity contribution >= 4 is 0 Å². The summed E-state index contributed by atoms with van der Waals surface area (Å²) in [5, 5.41) is 8.43. The van der Waals surface area contributed by atoms with E-state index in [0.717, 1.165) is 12.8 Å². The van der Waals surface area contributed by atoms with Gasteiger partial charge in [0.15, 0.2) is 0 Å². The summed E-state index contributed by atoms with van der Waals surface area (Å²) in [7, 11) is 0. The summed E-state index contributed by atoms with van der Waals surface area (Å²) in [6.45, 7) is 5.77. The molecule has 1 nitrogen and oxygen atoms in total. The molecule has 0 heterocycles. The second kappa shape index (κ2) is 5.57. The van der Waals surface area contributed by atoms with Crippen LogP contribution in [-0.2, 0) is 0 Å². The van der Waals surface area contributed by atoms with Crippen LogP contribution in [0.5, 0.6) is 0 Å². The van der Waals surface area contributed by atoms with Crippen molar-refractivity contribution in [2.45, 2.75) is 19.8 Å². The molecule has 0 rings (SSSR count). The molecule has 1 N–H and O–H groups in total. The molecule has 9 heavy (non-hydrogen) atoms. The van der Waals surface area contributed by atoms with Crippen molar-refractivity contribution in [2.24, 2.45) is 0 Å². The Morgan fingerprint density at radius 3 is 2.78 bits per heavy atom. The van der Waals surface area contributed by atoms with E-state index in [1.54, 1.807) is 0 Å². The molecule has 0 atom stereocenters. The second-order valence-electron chi connectivity index (χ2n) is 2.06. The van der Waals surface area contributed by atoms with Gasteiger partial charge in [-0.2, -0.15) is 0 Å². The molecule has 1 heteroatoms. The third kappa shape index (κ3) is 5.31. The SMILES string of the molecule is C=CCCC(C)=CCO. The van der Waals surface area contributed by atoms with E-state index in [1.807, 2.05) is 19.1 Å². The minimum atomic E-state index is 0.156. The van der Waals surface area contributed by atoms with E-state index < -0.39 is 0 Å². The Kier molecular flexibility index (Phi) is 5.23. The summed E-state index contributed by atoms with van der Waals surface area (Å²) in [6, 6.07) is 0. The smallest absolute Gasteiger partial charge is 0.0614 e. The molecule has 0 fully saturated rings. The lowest BCUT2D eigenvalue weighted by Crippen LogP contribution is -1.79. The van der Waals surface area contributed by atoms with Crippen LogP contribution in [0, 0.1) is 0 Å². The Labute approximate surface area is 56.7 Å². The summed E-state index contributed by atoms with van der Waals surface area (Å²) in [5.41, 5.74) is 1.23. The van der Waals surface area contributed by atoms with Crippen LogP contribution in [0.2, 0.25) is 0 Å². The maximum Gasteiger partial charge on any atom is 0.0614 e. The highest BCUT2D eigenvalue weighted by Crippen LogP contribution is 2.02.